The second kappa shape index (κ2) is 5.16. The van der Waals surface area contributed by atoms with Gasteiger partial charge in [-0.25, -0.2) is 4.39 Å². The Bertz CT molecular complexity index is 627. The molecule has 21 heavy (non-hydrogen) atoms. The summed E-state index contributed by atoms with van der Waals surface area (Å²) in [5, 5.41) is 2.18. The van der Waals surface area contributed by atoms with Crippen LogP contribution < -0.4 is 10.1 Å². The van der Waals surface area contributed by atoms with Gasteiger partial charge < -0.3 is 9.64 Å². The van der Waals surface area contributed by atoms with E-state index in [2.05, 4.69) is 5.32 Å². The van der Waals surface area contributed by atoms with E-state index in [9.17, 15) is 18.8 Å². The van der Waals surface area contributed by atoms with Gasteiger partial charge in [-0.1, -0.05) is 0 Å². The fourth-order valence-corrected chi connectivity index (χ4v) is 2.06. The van der Waals surface area contributed by atoms with Gasteiger partial charge in [0, 0.05) is 5.56 Å². The highest BCUT2D eigenvalue weighted by Gasteiger charge is 2.43. The van der Waals surface area contributed by atoms with E-state index < -0.39 is 29.1 Å². The summed E-state index contributed by atoms with van der Waals surface area (Å²) in [4.78, 5) is 37.0. The molecule has 0 unspecified atom stereocenters. The number of amides is 3. The number of nitrogens with one attached hydrogen (secondary N) is 1. The van der Waals surface area contributed by atoms with Crippen LogP contribution in [0, 0.1) is 5.82 Å². The van der Waals surface area contributed by atoms with Crippen molar-refractivity contribution < 1.29 is 23.5 Å². The van der Waals surface area contributed by atoms with Crippen LogP contribution >= 0.6 is 0 Å². The van der Waals surface area contributed by atoms with Crippen molar-refractivity contribution in [3.05, 3.63) is 29.6 Å². The van der Waals surface area contributed by atoms with Gasteiger partial charge in [-0.2, -0.15) is 0 Å². The highest BCUT2D eigenvalue weighted by Crippen LogP contribution is 2.24. The number of hydrogen-bond acceptors (Lipinski definition) is 4. The molecule has 0 radical (unpaired) electrons. The van der Waals surface area contributed by atoms with Crippen LogP contribution in [0.15, 0.2) is 18.2 Å². The van der Waals surface area contributed by atoms with E-state index in [-0.39, 0.29) is 17.9 Å². The Morgan fingerprint density at radius 2 is 2.05 bits per heavy atom. The van der Waals surface area contributed by atoms with Crippen LogP contribution in [0.2, 0.25) is 0 Å². The number of ether oxygens (including phenoxy) is 1. The molecule has 112 valence electrons. The average molecular weight is 294 g/mol. The molecule has 3 amide bonds. The standard InChI is InChI=1S/C14H15FN2O4/c1-14(2)13(20)16-11(18)7-17(14)12(19)8-4-5-9(15)10(6-8)21-3/h4-6H,7H2,1-3H3,(H,16,18,20). The normalized spacial score (nSPS) is 17.4. The molecule has 7 heteroatoms. The van der Waals surface area contributed by atoms with Crippen molar-refractivity contribution in [3.8, 4) is 5.75 Å². The molecule has 0 spiro atoms. The van der Waals surface area contributed by atoms with Crippen molar-refractivity contribution in [3.63, 3.8) is 0 Å². The first-order chi connectivity index (χ1) is 9.77. The quantitative estimate of drug-likeness (QED) is 0.815. The van der Waals surface area contributed by atoms with Gasteiger partial charge in [0.2, 0.25) is 5.91 Å². The smallest absolute Gasteiger partial charge is 0.255 e. The number of hydrogen-bond donors (Lipinski definition) is 1. The molecule has 2 rings (SSSR count). The summed E-state index contributed by atoms with van der Waals surface area (Å²) in [6, 6.07) is 3.63. The Labute approximate surface area is 120 Å². The lowest BCUT2D eigenvalue weighted by molar-refractivity contribution is -0.143. The van der Waals surface area contributed by atoms with E-state index in [1.54, 1.807) is 0 Å². The van der Waals surface area contributed by atoms with Crippen LogP contribution in [0.4, 0.5) is 4.39 Å². The first-order valence-electron chi connectivity index (χ1n) is 6.27. The topological polar surface area (TPSA) is 75.7 Å². The predicted molar refractivity (Wildman–Crippen MR) is 71.2 cm³/mol. The van der Waals surface area contributed by atoms with Crippen LogP contribution in [0.5, 0.6) is 5.75 Å². The number of nitrogens with zero attached hydrogens (tertiary/aromatic N) is 1. The summed E-state index contributed by atoms with van der Waals surface area (Å²) in [7, 11) is 1.29. The maximum absolute atomic E-state index is 13.4. The fraction of sp³-hybridized carbons (Fsp3) is 0.357. The lowest BCUT2D eigenvalue weighted by Crippen LogP contribution is -2.65. The third-order valence-corrected chi connectivity index (χ3v) is 3.43. The summed E-state index contributed by atoms with van der Waals surface area (Å²) >= 11 is 0. The summed E-state index contributed by atoms with van der Waals surface area (Å²) in [6.45, 7) is 2.83. The summed E-state index contributed by atoms with van der Waals surface area (Å²) < 4.78 is 18.2. The van der Waals surface area contributed by atoms with Crippen LogP contribution in [0.1, 0.15) is 24.2 Å². The van der Waals surface area contributed by atoms with Crippen LogP contribution in [0.25, 0.3) is 0 Å². The molecule has 6 nitrogen and oxygen atoms in total. The van der Waals surface area contributed by atoms with Crippen molar-refractivity contribution in [2.75, 3.05) is 13.7 Å². The minimum Gasteiger partial charge on any atom is -0.494 e. The number of imide groups is 1. The Kier molecular flexibility index (Phi) is 3.67. The number of halogens is 1. The van der Waals surface area contributed by atoms with Gasteiger partial charge in [-0.3, -0.25) is 19.7 Å². The highest BCUT2D eigenvalue weighted by atomic mass is 19.1. The minimum absolute atomic E-state index is 0.0774. The number of rotatable bonds is 2. The molecule has 1 heterocycles. The maximum atomic E-state index is 13.4. The zero-order chi connectivity index (χ0) is 15.8. The SMILES string of the molecule is COc1cc(C(=O)N2CC(=O)NC(=O)C2(C)C)ccc1F. The van der Waals surface area contributed by atoms with Gasteiger partial charge in [-0.15, -0.1) is 0 Å². The summed E-state index contributed by atoms with van der Waals surface area (Å²) in [6.07, 6.45) is 0. The van der Waals surface area contributed by atoms with Gasteiger partial charge in [0.05, 0.1) is 7.11 Å². The monoisotopic (exact) mass is 294 g/mol. The zero-order valence-corrected chi connectivity index (χ0v) is 11.9. The molecule has 0 atom stereocenters. The fourth-order valence-electron chi connectivity index (χ4n) is 2.06. The molecule has 0 aromatic heterocycles. The van der Waals surface area contributed by atoms with E-state index in [1.807, 2.05) is 0 Å². The van der Waals surface area contributed by atoms with E-state index >= 15 is 0 Å². The van der Waals surface area contributed by atoms with Gasteiger partial charge in [0.25, 0.3) is 11.8 Å². The molecular formula is C14H15FN2O4. The van der Waals surface area contributed by atoms with E-state index in [0.29, 0.717) is 0 Å². The van der Waals surface area contributed by atoms with Crippen LogP contribution in [-0.2, 0) is 9.59 Å². The Balaban J connectivity index is 2.38. The van der Waals surface area contributed by atoms with Crippen molar-refractivity contribution in [1.82, 2.24) is 10.2 Å². The Hall–Kier alpha value is -2.44. The number of carbonyl (C=O) groups is 3. The lowest BCUT2D eigenvalue weighted by Gasteiger charge is -2.40. The molecule has 1 aliphatic rings. The van der Waals surface area contributed by atoms with Gasteiger partial charge in [0.15, 0.2) is 11.6 Å². The first-order valence-corrected chi connectivity index (χ1v) is 6.27. The summed E-state index contributed by atoms with van der Waals surface area (Å²) in [5.74, 6) is -2.32. The molecule has 1 aliphatic heterocycles. The second-order valence-corrected chi connectivity index (χ2v) is 5.18. The number of benzene rings is 1. The zero-order valence-electron chi connectivity index (χ0n) is 11.9. The summed E-state index contributed by atoms with van der Waals surface area (Å²) in [5.41, 5.74) is -1.03. The van der Waals surface area contributed by atoms with Crippen LogP contribution in [0.3, 0.4) is 0 Å². The van der Waals surface area contributed by atoms with Crippen molar-refractivity contribution in [1.29, 1.82) is 0 Å². The molecule has 0 bridgehead atoms. The lowest BCUT2D eigenvalue weighted by atomic mass is 9.97. The molecule has 0 aliphatic carbocycles. The van der Waals surface area contributed by atoms with E-state index in [4.69, 9.17) is 4.74 Å². The molecule has 1 aromatic carbocycles. The largest absolute Gasteiger partial charge is 0.494 e. The molecule has 0 saturated carbocycles. The third-order valence-electron chi connectivity index (χ3n) is 3.43. The highest BCUT2D eigenvalue weighted by molar-refractivity contribution is 6.08. The minimum atomic E-state index is -1.17. The van der Waals surface area contributed by atoms with Crippen molar-refractivity contribution in [2.45, 2.75) is 19.4 Å². The van der Waals surface area contributed by atoms with E-state index in [0.717, 1.165) is 11.0 Å². The number of methoxy groups -OCH3 is 1. The van der Waals surface area contributed by atoms with Crippen molar-refractivity contribution in [2.24, 2.45) is 0 Å². The molecule has 1 N–H and O–H groups in total. The molecule has 1 saturated heterocycles. The second-order valence-electron chi connectivity index (χ2n) is 5.18. The Morgan fingerprint density at radius 1 is 1.38 bits per heavy atom. The van der Waals surface area contributed by atoms with Crippen molar-refractivity contribution >= 4 is 17.7 Å². The average Bonchev–Trinajstić information content (AvgIpc) is 2.43. The number of piperazine rings is 1. The molecule has 1 aromatic rings. The van der Waals surface area contributed by atoms with E-state index in [1.165, 1.54) is 33.1 Å². The predicted octanol–water partition coefficient (Wildman–Crippen LogP) is 0.711. The molecule has 1 fully saturated rings. The van der Waals surface area contributed by atoms with Gasteiger partial charge >= 0.3 is 0 Å². The number of carbonyl (C=O) groups excluding carboxylic acids is 3. The van der Waals surface area contributed by atoms with Crippen LogP contribution in [-0.4, -0.2) is 41.8 Å². The maximum Gasteiger partial charge on any atom is 0.255 e. The van der Waals surface area contributed by atoms with Gasteiger partial charge in [0.1, 0.15) is 12.1 Å². The third kappa shape index (κ3) is 2.58. The first kappa shape index (κ1) is 15.0. The van der Waals surface area contributed by atoms with Gasteiger partial charge in [-0.05, 0) is 32.0 Å². The Morgan fingerprint density at radius 3 is 2.67 bits per heavy atom. The molecular weight excluding hydrogens is 279 g/mol.